The highest BCUT2D eigenvalue weighted by Gasteiger charge is 2.21. The van der Waals surface area contributed by atoms with Crippen LogP contribution in [0.1, 0.15) is 25.3 Å². The molecule has 0 aliphatic heterocycles. The molecule has 4 N–H and O–H groups in total. The largest absolute Gasteiger partial charge is 0.496 e. The minimum Gasteiger partial charge on any atom is -0.496 e. The van der Waals surface area contributed by atoms with Gasteiger partial charge in [0, 0.05) is 18.6 Å². The van der Waals surface area contributed by atoms with Crippen LogP contribution in [0.3, 0.4) is 0 Å². The molecule has 1 atom stereocenters. The average Bonchev–Trinajstić information content (AvgIpc) is 2.55. The predicted molar refractivity (Wildman–Crippen MR) is 90.3 cm³/mol. The van der Waals surface area contributed by atoms with Crippen LogP contribution in [-0.2, 0) is 9.47 Å². The van der Waals surface area contributed by atoms with Gasteiger partial charge in [0.1, 0.15) is 18.5 Å². The van der Waals surface area contributed by atoms with Crippen LogP contribution in [0.25, 0.3) is 0 Å². The van der Waals surface area contributed by atoms with Gasteiger partial charge in [0.05, 0.1) is 23.8 Å². The number of benzene rings is 1. The molecule has 0 aromatic heterocycles. The van der Waals surface area contributed by atoms with Crippen LogP contribution >= 0.6 is 0 Å². The van der Waals surface area contributed by atoms with Crippen molar-refractivity contribution < 1.29 is 14.6 Å². The van der Waals surface area contributed by atoms with Crippen molar-refractivity contribution in [2.75, 3.05) is 19.8 Å². The Labute approximate surface area is 136 Å². The van der Waals surface area contributed by atoms with Gasteiger partial charge in [-0.05, 0) is 43.7 Å². The molecule has 0 spiro atoms. The summed E-state index contributed by atoms with van der Waals surface area (Å²) in [7, 11) is 0. The van der Waals surface area contributed by atoms with Gasteiger partial charge in [0.15, 0.2) is 0 Å². The summed E-state index contributed by atoms with van der Waals surface area (Å²) in [6.45, 7) is 2.82. The topological polar surface area (TPSA) is 101 Å². The lowest BCUT2D eigenvalue weighted by Crippen LogP contribution is -2.27. The molecule has 6 nitrogen and oxygen atoms in total. The molecule has 2 rings (SSSR count). The van der Waals surface area contributed by atoms with E-state index in [1.54, 1.807) is 12.1 Å². The molecular formula is C17H23N3O3. The van der Waals surface area contributed by atoms with Crippen LogP contribution in [0.4, 0.5) is 5.69 Å². The zero-order valence-electron chi connectivity index (χ0n) is 13.3. The second kappa shape index (κ2) is 8.45. The minimum atomic E-state index is -0.213. The van der Waals surface area contributed by atoms with Gasteiger partial charge in [-0.25, -0.2) is 0 Å². The van der Waals surface area contributed by atoms with Gasteiger partial charge in [-0.2, -0.15) is 0 Å². The standard InChI is InChI=1S/C17H23N3O3/c1-2-22-16-11-14(23-10-9-21)7-8-15(16)20-13-5-3-12(4-6-13)17(18)19/h3-6,11,16,21H,2,7-10H2,1H3,(H3,18,19). The van der Waals surface area contributed by atoms with Crippen molar-refractivity contribution in [3.05, 3.63) is 41.7 Å². The molecule has 1 aliphatic rings. The quantitative estimate of drug-likeness (QED) is 0.529. The van der Waals surface area contributed by atoms with E-state index in [1.807, 2.05) is 25.1 Å². The molecule has 124 valence electrons. The molecule has 0 fully saturated rings. The molecule has 6 heteroatoms. The van der Waals surface area contributed by atoms with Crippen molar-refractivity contribution in [2.24, 2.45) is 10.7 Å². The van der Waals surface area contributed by atoms with Gasteiger partial charge >= 0.3 is 0 Å². The van der Waals surface area contributed by atoms with Gasteiger partial charge in [-0.1, -0.05) is 0 Å². The number of aliphatic hydroxyl groups is 1. The van der Waals surface area contributed by atoms with E-state index in [-0.39, 0.29) is 18.5 Å². The molecule has 1 aromatic rings. The van der Waals surface area contributed by atoms with Crippen molar-refractivity contribution in [1.82, 2.24) is 0 Å². The van der Waals surface area contributed by atoms with Crippen LogP contribution in [0.2, 0.25) is 0 Å². The minimum absolute atomic E-state index is 0.0000848. The van der Waals surface area contributed by atoms with E-state index in [4.69, 9.17) is 25.7 Å². The number of nitrogens with two attached hydrogens (primary N) is 1. The number of hydrogen-bond acceptors (Lipinski definition) is 5. The third-order valence-corrected chi connectivity index (χ3v) is 3.47. The molecule has 23 heavy (non-hydrogen) atoms. The molecule has 1 unspecified atom stereocenters. The maximum atomic E-state index is 8.84. The first-order valence-electron chi connectivity index (χ1n) is 7.72. The molecule has 0 bridgehead atoms. The van der Waals surface area contributed by atoms with E-state index in [0.717, 1.165) is 30.0 Å². The Hall–Kier alpha value is -2.18. The fourth-order valence-corrected chi connectivity index (χ4v) is 2.36. The van der Waals surface area contributed by atoms with Crippen LogP contribution in [0.5, 0.6) is 0 Å². The summed E-state index contributed by atoms with van der Waals surface area (Å²) in [5.74, 6) is 0.881. The van der Waals surface area contributed by atoms with Crippen LogP contribution in [0.15, 0.2) is 41.1 Å². The van der Waals surface area contributed by atoms with Gasteiger partial charge in [0.25, 0.3) is 0 Å². The smallest absolute Gasteiger partial charge is 0.122 e. The second-order valence-corrected chi connectivity index (χ2v) is 5.14. The molecular weight excluding hydrogens is 294 g/mol. The van der Waals surface area contributed by atoms with Crippen LogP contribution in [-0.4, -0.2) is 42.6 Å². The zero-order chi connectivity index (χ0) is 16.7. The summed E-state index contributed by atoms with van der Waals surface area (Å²) < 4.78 is 11.2. The Kier molecular flexibility index (Phi) is 6.31. The summed E-state index contributed by atoms with van der Waals surface area (Å²) in [6, 6.07) is 7.25. The number of aliphatic imine (C=N–C) groups is 1. The third-order valence-electron chi connectivity index (χ3n) is 3.47. The van der Waals surface area contributed by atoms with Crippen LogP contribution < -0.4 is 5.73 Å². The number of aliphatic hydroxyl groups excluding tert-OH is 1. The SMILES string of the molecule is CCOC1C=C(OCCO)CCC1=Nc1ccc(C(=N)N)cc1. The van der Waals surface area contributed by atoms with Crippen molar-refractivity contribution in [3.63, 3.8) is 0 Å². The lowest BCUT2D eigenvalue weighted by Gasteiger charge is -2.23. The molecule has 0 saturated carbocycles. The Morgan fingerprint density at radius 3 is 2.70 bits per heavy atom. The number of rotatable bonds is 7. The van der Waals surface area contributed by atoms with Gasteiger partial charge in [0.2, 0.25) is 0 Å². The van der Waals surface area contributed by atoms with Crippen molar-refractivity contribution in [1.29, 1.82) is 5.41 Å². The number of amidine groups is 1. The predicted octanol–water partition coefficient (Wildman–Crippen LogP) is 2.13. The number of nitrogens with zero attached hydrogens (tertiary/aromatic N) is 1. The van der Waals surface area contributed by atoms with E-state index in [1.165, 1.54) is 0 Å². The van der Waals surface area contributed by atoms with Gasteiger partial charge < -0.3 is 20.3 Å². The normalized spacial score (nSPS) is 19.5. The van der Waals surface area contributed by atoms with E-state index in [9.17, 15) is 0 Å². The summed E-state index contributed by atoms with van der Waals surface area (Å²) in [5.41, 5.74) is 7.88. The fourth-order valence-electron chi connectivity index (χ4n) is 2.36. The highest BCUT2D eigenvalue weighted by Crippen LogP contribution is 2.23. The maximum Gasteiger partial charge on any atom is 0.122 e. The Morgan fingerprint density at radius 1 is 1.35 bits per heavy atom. The Morgan fingerprint density at radius 2 is 2.09 bits per heavy atom. The first kappa shape index (κ1) is 17.2. The Balaban J connectivity index is 2.16. The summed E-state index contributed by atoms with van der Waals surface area (Å²) in [4.78, 5) is 4.66. The zero-order valence-corrected chi connectivity index (χ0v) is 13.3. The molecule has 1 aromatic carbocycles. The number of nitrogen functional groups attached to an aromatic ring is 1. The van der Waals surface area contributed by atoms with Gasteiger partial charge in [-0.15, -0.1) is 0 Å². The van der Waals surface area contributed by atoms with Crippen LogP contribution in [0, 0.1) is 5.41 Å². The van der Waals surface area contributed by atoms with Gasteiger partial charge in [-0.3, -0.25) is 10.4 Å². The summed E-state index contributed by atoms with van der Waals surface area (Å²) in [5, 5.41) is 16.2. The van der Waals surface area contributed by atoms with E-state index >= 15 is 0 Å². The Bertz CT molecular complexity index is 594. The average molecular weight is 317 g/mol. The summed E-state index contributed by atoms with van der Waals surface area (Å²) in [6.07, 6.45) is 3.20. The molecule has 0 radical (unpaired) electrons. The number of allylic oxidation sites excluding steroid dienone is 1. The lowest BCUT2D eigenvalue weighted by atomic mass is 10.0. The lowest BCUT2D eigenvalue weighted by molar-refractivity contribution is 0.113. The molecule has 0 saturated heterocycles. The van der Waals surface area contributed by atoms with E-state index < -0.39 is 0 Å². The van der Waals surface area contributed by atoms with E-state index in [0.29, 0.717) is 18.8 Å². The number of ether oxygens (including phenoxy) is 2. The maximum absolute atomic E-state index is 8.84. The van der Waals surface area contributed by atoms with Crippen molar-refractivity contribution >= 4 is 17.2 Å². The fraction of sp³-hybridized carbons (Fsp3) is 0.412. The first-order chi connectivity index (χ1) is 11.1. The third kappa shape index (κ3) is 4.91. The summed E-state index contributed by atoms with van der Waals surface area (Å²) >= 11 is 0. The van der Waals surface area contributed by atoms with Crippen molar-refractivity contribution in [2.45, 2.75) is 25.9 Å². The second-order valence-electron chi connectivity index (χ2n) is 5.14. The van der Waals surface area contributed by atoms with Crippen molar-refractivity contribution in [3.8, 4) is 0 Å². The molecule has 0 amide bonds. The highest BCUT2D eigenvalue weighted by atomic mass is 16.5. The highest BCUT2D eigenvalue weighted by molar-refractivity contribution is 5.96. The molecule has 0 heterocycles. The number of nitrogens with one attached hydrogen (secondary N) is 1. The monoisotopic (exact) mass is 317 g/mol. The first-order valence-corrected chi connectivity index (χ1v) is 7.72. The molecule has 1 aliphatic carbocycles. The van der Waals surface area contributed by atoms with E-state index in [2.05, 4.69) is 4.99 Å². The number of hydrogen-bond donors (Lipinski definition) is 3.